The summed E-state index contributed by atoms with van der Waals surface area (Å²) in [5, 5.41) is 9.90. The van der Waals surface area contributed by atoms with Gasteiger partial charge in [0.25, 0.3) is 5.91 Å². The maximum absolute atomic E-state index is 13.8. The third-order valence-corrected chi connectivity index (χ3v) is 11.4. The first-order valence-corrected chi connectivity index (χ1v) is 15.7. The van der Waals surface area contributed by atoms with Crippen molar-refractivity contribution in [3.05, 3.63) is 50.7 Å². The van der Waals surface area contributed by atoms with Gasteiger partial charge >= 0.3 is 0 Å². The molecule has 1 saturated heterocycles. The van der Waals surface area contributed by atoms with Crippen LogP contribution >= 0.6 is 46.9 Å². The second-order valence-electron chi connectivity index (χ2n) is 11.0. The number of nitrogens with zero attached hydrogens (tertiary/aromatic N) is 1. The van der Waals surface area contributed by atoms with Crippen LogP contribution in [0, 0.1) is 23.7 Å². The van der Waals surface area contributed by atoms with Crippen LogP contribution in [0.3, 0.4) is 0 Å². The zero-order valence-corrected chi connectivity index (χ0v) is 23.5. The molecule has 1 amide bonds. The summed E-state index contributed by atoms with van der Waals surface area (Å²) < 4.78 is 0.753. The van der Waals surface area contributed by atoms with Gasteiger partial charge in [-0.3, -0.25) is 9.69 Å². The molecule has 2 heterocycles. The fourth-order valence-corrected chi connectivity index (χ4v) is 9.98. The summed E-state index contributed by atoms with van der Waals surface area (Å²) in [7, 11) is 0. The molecule has 0 spiro atoms. The first kappa shape index (κ1) is 25.1. The van der Waals surface area contributed by atoms with Gasteiger partial charge < -0.3 is 5.11 Å². The van der Waals surface area contributed by atoms with Gasteiger partial charge in [-0.2, -0.15) is 0 Å². The van der Waals surface area contributed by atoms with E-state index in [9.17, 15) is 9.90 Å². The molecule has 4 aliphatic carbocycles. The monoisotopic (exact) mass is 557 g/mol. The quantitative estimate of drug-likeness (QED) is 0.204. The lowest BCUT2D eigenvalue weighted by molar-refractivity contribution is -0.130. The fraction of sp³-hybridized carbons (Fsp3) is 0.517. The maximum atomic E-state index is 13.8. The van der Waals surface area contributed by atoms with Crippen LogP contribution < -0.4 is 0 Å². The molecule has 5 fully saturated rings. The van der Waals surface area contributed by atoms with E-state index in [1.165, 1.54) is 54.3 Å². The van der Waals surface area contributed by atoms with E-state index in [0.717, 1.165) is 62.2 Å². The first-order chi connectivity index (χ1) is 17.5. The average Bonchev–Trinajstić information content (AvgIpc) is 3.37. The highest BCUT2D eigenvalue weighted by atomic mass is 35.5. The van der Waals surface area contributed by atoms with Crippen molar-refractivity contribution in [2.45, 2.75) is 63.8 Å². The zero-order chi connectivity index (χ0) is 24.8. The number of aryl methyl sites for hydroxylation is 1. The number of rotatable bonds is 8. The molecule has 7 heteroatoms. The molecule has 2 aromatic rings. The first-order valence-electron chi connectivity index (χ1n) is 13.3. The summed E-state index contributed by atoms with van der Waals surface area (Å²) in [6, 6.07) is 10.5. The van der Waals surface area contributed by atoms with Gasteiger partial charge in [0.1, 0.15) is 4.32 Å². The van der Waals surface area contributed by atoms with Gasteiger partial charge in [-0.1, -0.05) is 54.1 Å². The lowest BCUT2D eigenvalue weighted by atomic mass is 9.54. The van der Waals surface area contributed by atoms with E-state index in [0.29, 0.717) is 17.9 Å². The number of aliphatic hydroxyl groups excluding tert-OH is 1. The highest BCUT2D eigenvalue weighted by Gasteiger charge is 2.53. The second kappa shape index (κ2) is 10.5. The summed E-state index contributed by atoms with van der Waals surface area (Å²) in [6.07, 6.45) is 12.4. The number of thiophene rings is 1. The minimum absolute atomic E-state index is 0.121. The Morgan fingerprint density at radius 3 is 2.39 bits per heavy atom. The van der Waals surface area contributed by atoms with E-state index in [-0.39, 0.29) is 12.5 Å². The Morgan fingerprint density at radius 2 is 1.72 bits per heavy atom. The molecule has 0 radical (unpaired) electrons. The summed E-state index contributed by atoms with van der Waals surface area (Å²) in [5.41, 5.74) is 2.41. The Hall–Kier alpha value is -1.18. The van der Waals surface area contributed by atoms with Crippen LogP contribution in [-0.4, -0.2) is 32.9 Å². The molecule has 5 aliphatic rings. The SMILES string of the molecule is O=C1C(=Cc2sc(-c3ccc(Cl)cc3)cc2CCCCCO)SC(=S)N1C1C2CC3CC(C2)CC1C3. The van der Waals surface area contributed by atoms with Crippen molar-refractivity contribution < 1.29 is 9.90 Å². The van der Waals surface area contributed by atoms with Crippen molar-refractivity contribution in [1.82, 2.24) is 4.90 Å². The molecular formula is C29H32ClNO2S3. The molecule has 0 atom stereocenters. The molecule has 36 heavy (non-hydrogen) atoms. The molecule has 0 unspecified atom stereocenters. The Balaban J connectivity index is 1.27. The third kappa shape index (κ3) is 4.84. The number of amides is 1. The van der Waals surface area contributed by atoms with Crippen molar-refractivity contribution in [2.75, 3.05) is 6.61 Å². The van der Waals surface area contributed by atoms with Crippen LogP contribution in [0.1, 0.15) is 61.8 Å². The molecule has 3 nitrogen and oxygen atoms in total. The number of thioether (sulfide) groups is 1. The highest BCUT2D eigenvalue weighted by Crippen LogP contribution is 2.56. The van der Waals surface area contributed by atoms with Gasteiger partial charge in [0.05, 0.1) is 4.91 Å². The average molecular weight is 558 g/mol. The van der Waals surface area contributed by atoms with Crippen molar-refractivity contribution in [3.63, 3.8) is 0 Å². The molecule has 4 saturated carbocycles. The minimum atomic E-state index is 0.121. The standard InChI is InChI=1S/C29H32ClNO2S3/c30-23-7-5-19(6-8-23)24-15-20(4-2-1-3-9-32)25(35-24)16-26-28(33)31(29(34)36-26)27-21-11-17-10-18(13-21)14-22(27)12-17/h5-8,15-18,21-22,27,32H,1-4,9-14H2. The van der Waals surface area contributed by atoms with Gasteiger partial charge in [-0.15, -0.1) is 11.3 Å². The zero-order valence-electron chi connectivity index (χ0n) is 20.3. The van der Waals surface area contributed by atoms with Gasteiger partial charge in [-0.25, -0.2) is 0 Å². The predicted octanol–water partition coefficient (Wildman–Crippen LogP) is 7.80. The number of halogens is 1. The van der Waals surface area contributed by atoms with Crippen molar-refractivity contribution in [2.24, 2.45) is 23.7 Å². The van der Waals surface area contributed by atoms with Gasteiger partial charge in [0.2, 0.25) is 0 Å². The van der Waals surface area contributed by atoms with E-state index in [2.05, 4.69) is 24.3 Å². The molecule has 1 aliphatic heterocycles. The summed E-state index contributed by atoms with van der Waals surface area (Å²) >= 11 is 15.2. The topological polar surface area (TPSA) is 40.5 Å². The number of unbranched alkanes of at least 4 members (excludes halogenated alkanes) is 2. The molecule has 1 aromatic heterocycles. The van der Waals surface area contributed by atoms with E-state index >= 15 is 0 Å². The number of aliphatic hydroxyl groups is 1. The van der Waals surface area contributed by atoms with Crippen LogP contribution in [-0.2, 0) is 11.2 Å². The Kier molecular flexibility index (Phi) is 7.35. The van der Waals surface area contributed by atoms with Crippen molar-refractivity contribution in [1.29, 1.82) is 0 Å². The fourth-order valence-electron chi connectivity index (χ4n) is 7.29. The lowest BCUT2D eigenvalue weighted by Crippen LogP contribution is -2.57. The molecular weight excluding hydrogens is 526 g/mol. The smallest absolute Gasteiger partial charge is 0.266 e. The van der Waals surface area contributed by atoms with Crippen LogP contribution in [0.2, 0.25) is 5.02 Å². The van der Waals surface area contributed by atoms with Gasteiger partial charge in [0.15, 0.2) is 0 Å². The predicted molar refractivity (Wildman–Crippen MR) is 155 cm³/mol. The molecule has 4 bridgehead atoms. The Morgan fingerprint density at radius 1 is 1.03 bits per heavy atom. The van der Waals surface area contributed by atoms with E-state index in [4.69, 9.17) is 23.8 Å². The largest absolute Gasteiger partial charge is 0.396 e. The number of carbonyl (C=O) groups is 1. The number of hydrogen-bond acceptors (Lipinski definition) is 5. The lowest BCUT2D eigenvalue weighted by Gasteiger charge is -2.56. The van der Waals surface area contributed by atoms with E-state index < -0.39 is 0 Å². The van der Waals surface area contributed by atoms with E-state index in [1.54, 1.807) is 11.3 Å². The second-order valence-corrected chi connectivity index (χ2v) is 14.2. The van der Waals surface area contributed by atoms with Gasteiger partial charge in [-0.05, 0) is 110 Å². The summed E-state index contributed by atoms with van der Waals surface area (Å²) in [6.45, 7) is 0.236. The third-order valence-electron chi connectivity index (χ3n) is 8.64. The van der Waals surface area contributed by atoms with Gasteiger partial charge in [0, 0.05) is 27.4 Å². The highest BCUT2D eigenvalue weighted by molar-refractivity contribution is 8.26. The molecule has 190 valence electrons. The normalized spacial score (nSPS) is 30.2. The van der Waals surface area contributed by atoms with Crippen molar-refractivity contribution >= 4 is 63.2 Å². The Bertz CT molecular complexity index is 1160. The number of carbonyl (C=O) groups excluding carboxylic acids is 1. The molecule has 7 rings (SSSR count). The molecule has 1 aromatic carbocycles. The molecule has 1 N–H and O–H groups in total. The number of hydrogen-bond donors (Lipinski definition) is 1. The summed E-state index contributed by atoms with van der Waals surface area (Å²) in [5.74, 6) is 3.13. The van der Waals surface area contributed by atoms with Crippen LogP contribution in [0.4, 0.5) is 0 Å². The number of benzene rings is 1. The van der Waals surface area contributed by atoms with E-state index in [1.807, 2.05) is 17.0 Å². The summed E-state index contributed by atoms with van der Waals surface area (Å²) in [4.78, 5) is 18.9. The Labute approximate surface area is 232 Å². The van der Waals surface area contributed by atoms with Crippen molar-refractivity contribution in [3.8, 4) is 10.4 Å². The minimum Gasteiger partial charge on any atom is -0.396 e. The number of thiocarbonyl (C=S) groups is 1. The van der Waals surface area contributed by atoms with Crippen LogP contribution in [0.15, 0.2) is 35.2 Å². The van der Waals surface area contributed by atoms with Crippen LogP contribution in [0.5, 0.6) is 0 Å². The van der Waals surface area contributed by atoms with Crippen LogP contribution in [0.25, 0.3) is 16.5 Å². The maximum Gasteiger partial charge on any atom is 0.266 e.